The first-order chi connectivity index (χ1) is 8.13. The zero-order chi connectivity index (χ0) is 12.7. The van der Waals surface area contributed by atoms with E-state index >= 15 is 0 Å². The number of hydrogen-bond acceptors (Lipinski definition) is 4. The van der Waals surface area contributed by atoms with Crippen LogP contribution in [0.2, 0.25) is 0 Å². The van der Waals surface area contributed by atoms with E-state index in [4.69, 9.17) is 4.74 Å². The van der Waals surface area contributed by atoms with E-state index in [1.165, 1.54) is 0 Å². The number of hydrogen-bond donors (Lipinski definition) is 0. The normalized spacial score (nSPS) is 9.76. The lowest BCUT2D eigenvalue weighted by Crippen LogP contribution is -2.13. The summed E-state index contributed by atoms with van der Waals surface area (Å²) >= 11 is 2.16. The highest BCUT2D eigenvalue weighted by Gasteiger charge is 2.11. The molecule has 0 aliphatic heterocycles. The molecule has 1 aromatic carbocycles. The average Bonchev–Trinajstić information content (AvgIpc) is 2.28. The Morgan fingerprint density at radius 2 is 1.82 bits per heavy atom. The van der Waals surface area contributed by atoms with E-state index in [9.17, 15) is 9.59 Å². The van der Waals surface area contributed by atoms with E-state index in [0.29, 0.717) is 0 Å². The van der Waals surface area contributed by atoms with Crippen LogP contribution in [0.15, 0.2) is 24.3 Å². The Balaban J connectivity index is 2.38. The first-order valence-corrected chi connectivity index (χ1v) is 6.26. The van der Waals surface area contributed by atoms with Gasteiger partial charge in [0.25, 0.3) is 0 Å². The molecule has 0 bridgehead atoms. The van der Waals surface area contributed by atoms with Crippen molar-refractivity contribution in [3.8, 4) is 0 Å². The highest BCUT2D eigenvalue weighted by Crippen LogP contribution is 2.12. The smallest absolute Gasteiger partial charge is 0.317 e. The molecular weight excluding hydrogens is 335 g/mol. The molecule has 17 heavy (non-hydrogen) atoms. The van der Waals surface area contributed by atoms with E-state index in [2.05, 4.69) is 27.3 Å². The van der Waals surface area contributed by atoms with Gasteiger partial charge in [-0.1, -0.05) is 18.2 Å². The maximum Gasteiger partial charge on any atom is 0.317 e. The van der Waals surface area contributed by atoms with E-state index in [-0.39, 0.29) is 19.6 Å². The van der Waals surface area contributed by atoms with Crippen molar-refractivity contribution < 1.29 is 19.1 Å². The summed E-state index contributed by atoms with van der Waals surface area (Å²) in [4.78, 5) is 22.3. The molecule has 0 aliphatic carbocycles. The van der Waals surface area contributed by atoms with Crippen molar-refractivity contribution >= 4 is 34.5 Å². The standard InChI is InChI=1S/C12H13IO4/c1-2-16-11(14)7-12(15)17-8-9-5-3-4-6-10(9)13/h3-6H,2,7-8H2,1H3. The Kier molecular flexibility index (Phi) is 5.96. The SMILES string of the molecule is CCOC(=O)CC(=O)OCc1ccccc1I. The van der Waals surface area contributed by atoms with Gasteiger partial charge in [-0.05, 0) is 35.6 Å². The third-order valence-electron chi connectivity index (χ3n) is 1.94. The van der Waals surface area contributed by atoms with E-state index in [1.54, 1.807) is 6.92 Å². The summed E-state index contributed by atoms with van der Waals surface area (Å²) in [5.41, 5.74) is 0.922. The molecule has 1 aromatic rings. The second-order valence-electron chi connectivity index (χ2n) is 3.23. The number of halogens is 1. The third-order valence-corrected chi connectivity index (χ3v) is 2.99. The van der Waals surface area contributed by atoms with Crippen molar-refractivity contribution in [1.82, 2.24) is 0 Å². The van der Waals surface area contributed by atoms with Crippen LogP contribution in [0, 0.1) is 3.57 Å². The van der Waals surface area contributed by atoms with E-state index in [1.807, 2.05) is 24.3 Å². The van der Waals surface area contributed by atoms with Gasteiger partial charge in [-0.2, -0.15) is 0 Å². The van der Waals surface area contributed by atoms with Crippen molar-refractivity contribution in [2.24, 2.45) is 0 Å². The molecular formula is C12H13IO4. The van der Waals surface area contributed by atoms with E-state index in [0.717, 1.165) is 9.13 Å². The van der Waals surface area contributed by atoms with Gasteiger partial charge in [-0.15, -0.1) is 0 Å². The molecule has 0 aromatic heterocycles. The maximum absolute atomic E-state index is 11.3. The number of esters is 2. The lowest BCUT2D eigenvalue weighted by atomic mass is 10.2. The molecule has 0 atom stereocenters. The quantitative estimate of drug-likeness (QED) is 0.466. The first kappa shape index (κ1) is 14.0. The van der Waals surface area contributed by atoms with Crippen LogP contribution in [0.3, 0.4) is 0 Å². The third kappa shape index (κ3) is 5.16. The van der Waals surface area contributed by atoms with Crippen LogP contribution < -0.4 is 0 Å². The molecule has 0 unspecified atom stereocenters. The van der Waals surface area contributed by atoms with Crippen molar-refractivity contribution in [3.05, 3.63) is 33.4 Å². The molecule has 0 N–H and O–H groups in total. The van der Waals surface area contributed by atoms with Gasteiger partial charge in [0.15, 0.2) is 0 Å². The fraction of sp³-hybridized carbons (Fsp3) is 0.333. The fourth-order valence-corrected chi connectivity index (χ4v) is 1.70. The van der Waals surface area contributed by atoms with Crippen molar-refractivity contribution in [3.63, 3.8) is 0 Å². The lowest BCUT2D eigenvalue weighted by molar-refractivity contribution is -0.155. The monoisotopic (exact) mass is 348 g/mol. The summed E-state index contributed by atoms with van der Waals surface area (Å²) in [6, 6.07) is 7.58. The summed E-state index contributed by atoms with van der Waals surface area (Å²) < 4.78 is 10.7. The molecule has 5 heteroatoms. The van der Waals surface area contributed by atoms with Crippen LogP contribution in [0.25, 0.3) is 0 Å². The predicted octanol–water partition coefficient (Wildman–Crippen LogP) is 2.29. The summed E-state index contributed by atoms with van der Waals surface area (Å²) in [6.45, 7) is 2.13. The van der Waals surface area contributed by atoms with Gasteiger partial charge in [-0.25, -0.2) is 0 Å². The summed E-state index contributed by atoms with van der Waals surface area (Å²) in [5.74, 6) is -1.12. The largest absolute Gasteiger partial charge is 0.466 e. The molecule has 92 valence electrons. The predicted molar refractivity (Wildman–Crippen MR) is 70.2 cm³/mol. The molecule has 0 fully saturated rings. The van der Waals surface area contributed by atoms with Crippen LogP contribution in [0.5, 0.6) is 0 Å². The number of benzene rings is 1. The van der Waals surface area contributed by atoms with Gasteiger partial charge in [0.2, 0.25) is 0 Å². The Hall–Kier alpha value is -1.11. The lowest BCUT2D eigenvalue weighted by Gasteiger charge is -2.06. The highest BCUT2D eigenvalue weighted by atomic mass is 127. The average molecular weight is 348 g/mol. The van der Waals surface area contributed by atoms with Crippen LogP contribution in [0.1, 0.15) is 18.9 Å². The van der Waals surface area contributed by atoms with Gasteiger partial charge < -0.3 is 9.47 Å². The second kappa shape index (κ2) is 7.26. The Labute approximate surface area is 113 Å². The number of carbonyl (C=O) groups excluding carboxylic acids is 2. The first-order valence-electron chi connectivity index (χ1n) is 5.18. The van der Waals surface area contributed by atoms with E-state index < -0.39 is 11.9 Å². The Morgan fingerprint density at radius 3 is 2.47 bits per heavy atom. The Morgan fingerprint density at radius 1 is 1.18 bits per heavy atom. The molecule has 0 heterocycles. The van der Waals surface area contributed by atoms with Gasteiger partial charge >= 0.3 is 11.9 Å². The second-order valence-corrected chi connectivity index (χ2v) is 4.40. The summed E-state index contributed by atoms with van der Waals surface area (Å²) in [7, 11) is 0. The van der Waals surface area contributed by atoms with Crippen LogP contribution >= 0.6 is 22.6 Å². The minimum absolute atomic E-state index is 0.178. The van der Waals surface area contributed by atoms with Gasteiger partial charge in [0.1, 0.15) is 13.0 Å². The zero-order valence-corrected chi connectivity index (χ0v) is 11.6. The Bertz CT molecular complexity index is 403. The molecule has 0 saturated heterocycles. The van der Waals surface area contributed by atoms with Crippen molar-refractivity contribution in [2.45, 2.75) is 20.0 Å². The van der Waals surface area contributed by atoms with Gasteiger partial charge in [-0.3, -0.25) is 9.59 Å². The number of carbonyl (C=O) groups is 2. The molecule has 4 nitrogen and oxygen atoms in total. The fourth-order valence-electron chi connectivity index (χ4n) is 1.15. The molecule has 0 saturated carbocycles. The summed E-state index contributed by atoms with van der Waals surface area (Å²) in [5, 5.41) is 0. The minimum atomic E-state index is -0.567. The maximum atomic E-state index is 11.3. The molecule has 0 aliphatic rings. The highest BCUT2D eigenvalue weighted by molar-refractivity contribution is 14.1. The molecule has 0 amide bonds. The number of rotatable bonds is 5. The zero-order valence-electron chi connectivity index (χ0n) is 9.44. The molecule has 0 radical (unpaired) electrons. The van der Waals surface area contributed by atoms with Crippen LogP contribution in [0.4, 0.5) is 0 Å². The minimum Gasteiger partial charge on any atom is -0.466 e. The van der Waals surface area contributed by atoms with Gasteiger partial charge in [0, 0.05) is 9.13 Å². The van der Waals surface area contributed by atoms with Crippen LogP contribution in [-0.4, -0.2) is 18.5 Å². The molecule has 0 spiro atoms. The number of ether oxygens (including phenoxy) is 2. The van der Waals surface area contributed by atoms with Crippen molar-refractivity contribution in [1.29, 1.82) is 0 Å². The summed E-state index contributed by atoms with van der Waals surface area (Å²) in [6.07, 6.45) is -0.336. The van der Waals surface area contributed by atoms with Gasteiger partial charge in [0.05, 0.1) is 6.61 Å². The van der Waals surface area contributed by atoms with Crippen LogP contribution in [-0.2, 0) is 25.7 Å². The molecule has 1 rings (SSSR count). The topological polar surface area (TPSA) is 52.6 Å². The van der Waals surface area contributed by atoms with Crippen molar-refractivity contribution in [2.75, 3.05) is 6.61 Å².